The molecule has 196 valence electrons. The number of rotatable bonds is 3. The zero-order valence-corrected chi connectivity index (χ0v) is 20.9. The fourth-order valence-corrected chi connectivity index (χ4v) is 6.17. The Balaban J connectivity index is 1.55. The molecule has 0 spiro atoms. The highest BCUT2D eigenvalue weighted by Crippen LogP contribution is 2.44. The number of anilines is 1. The lowest BCUT2D eigenvalue weighted by Gasteiger charge is -2.49. The largest absolute Gasteiger partial charge is 0.491 e. The van der Waals surface area contributed by atoms with Crippen LogP contribution in [-0.4, -0.2) is 57.9 Å². The summed E-state index contributed by atoms with van der Waals surface area (Å²) >= 11 is 0. The van der Waals surface area contributed by atoms with E-state index in [0.717, 1.165) is 6.07 Å². The minimum Gasteiger partial charge on any atom is -0.491 e. The average molecular weight is 521 g/mol. The second-order valence-electron chi connectivity index (χ2n) is 10.1. The van der Waals surface area contributed by atoms with Crippen molar-refractivity contribution in [1.29, 1.82) is 0 Å². The molecule has 4 heterocycles. The maximum Gasteiger partial charge on any atom is 0.350 e. The number of hydrogen-bond donors (Lipinski definition) is 0. The number of carbonyl (C=O) groups excluding carboxylic acids is 2. The Morgan fingerprint density at radius 1 is 1.16 bits per heavy atom. The van der Waals surface area contributed by atoms with Crippen molar-refractivity contribution in [3.8, 4) is 16.9 Å². The lowest BCUT2D eigenvalue weighted by atomic mass is 9.89. The molecule has 2 unspecified atom stereocenters. The lowest BCUT2D eigenvalue weighted by Crippen LogP contribution is -2.64. The summed E-state index contributed by atoms with van der Waals surface area (Å²) in [5.74, 6) is -0.719. The fraction of sp³-hybridized carbons (Fsp3) is 0.357. The van der Waals surface area contributed by atoms with Gasteiger partial charge in [0.15, 0.2) is 5.75 Å². The fourth-order valence-electron chi connectivity index (χ4n) is 6.17. The minimum atomic E-state index is -0.722. The quantitative estimate of drug-likeness (QED) is 0.493. The van der Waals surface area contributed by atoms with Crippen LogP contribution in [-0.2, 0) is 16.1 Å². The third-order valence-electron chi connectivity index (χ3n) is 7.67. The van der Waals surface area contributed by atoms with Crippen LogP contribution in [0.15, 0.2) is 41.7 Å². The van der Waals surface area contributed by atoms with Crippen LogP contribution >= 0.6 is 0 Å². The Labute approximate surface area is 217 Å². The molecule has 0 N–H and O–H groups in total. The third-order valence-corrected chi connectivity index (χ3v) is 7.67. The van der Waals surface area contributed by atoms with Crippen molar-refractivity contribution in [2.45, 2.75) is 44.8 Å². The van der Waals surface area contributed by atoms with Crippen LogP contribution in [0, 0.1) is 18.6 Å². The SMILES string of the molecule is C=CC(=O)N1C2CC(=O)CC1CN(c1nc(=O)n3c4c(c(-c5ccc(F)cc5F)c(C)cc14)OCCC3)C2. The number of aromatic nitrogens is 2. The van der Waals surface area contributed by atoms with E-state index in [1.165, 1.54) is 18.2 Å². The van der Waals surface area contributed by atoms with E-state index < -0.39 is 17.3 Å². The van der Waals surface area contributed by atoms with Gasteiger partial charge in [0.05, 0.1) is 24.2 Å². The van der Waals surface area contributed by atoms with Gasteiger partial charge in [0.25, 0.3) is 0 Å². The summed E-state index contributed by atoms with van der Waals surface area (Å²) in [6.07, 6.45) is 2.27. The lowest BCUT2D eigenvalue weighted by molar-refractivity contribution is -0.138. The molecule has 38 heavy (non-hydrogen) atoms. The monoisotopic (exact) mass is 520 g/mol. The van der Waals surface area contributed by atoms with Crippen molar-refractivity contribution in [1.82, 2.24) is 14.5 Å². The van der Waals surface area contributed by atoms with Gasteiger partial charge in [-0.3, -0.25) is 14.2 Å². The van der Waals surface area contributed by atoms with Crippen LogP contribution in [0.25, 0.3) is 22.0 Å². The smallest absolute Gasteiger partial charge is 0.350 e. The number of Topliss-reactive ketones (excluding diaryl/α,β-unsaturated/α-hetero) is 1. The van der Waals surface area contributed by atoms with E-state index in [4.69, 9.17) is 4.74 Å². The molecule has 10 heteroatoms. The number of hydrogen-bond acceptors (Lipinski definition) is 6. The number of amides is 1. The van der Waals surface area contributed by atoms with E-state index in [0.29, 0.717) is 66.3 Å². The van der Waals surface area contributed by atoms with Crippen LogP contribution in [0.1, 0.15) is 24.8 Å². The summed E-state index contributed by atoms with van der Waals surface area (Å²) in [6.45, 7) is 6.78. The molecule has 0 radical (unpaired) electrons. The predicted molar refractivity (Wildman–Crippen MR) is 137 cm³/mol. The highest BCUT2D eigenvalue weighted by molar-refractivity contribution is 6.00. The number of benzene rings is 2. The molecule has 3 aromatic rings. The number of carbonyl (C=O) groups is 2. The molecule has 3 aliphatic rings. The molecule has 8 nitrogen and oxygen atoms in total. The van der Waals surface area contributed by atoms with Crippen molar-refractivity contribution in [3.63, 3.8) is 0 Å². The zero-order valence-electron chi connectivity index (χ0n) is 20.9. The van der Waals surface area contributed by atoms with Crippen molar-refractivity contribution in [2.24, 2.45) is 0 Å². The highest BCUT2D eigenvalue weighted by Gasteiger charge is 2.43. The maximum atomic E-state index is 14.9. The topological polar surface area (TPSA) is 84.7 Å². The highest BCUT2D eigenvalue weighted by atomic mass is 19.1. The van der Waals surface area contributed by atoms with Gasteiger partial charge in [0.2, 0.25) is 5.91 Å². The summed E-state index contributed by atoms with van der Waals surface area (Å²) in [6, 6.07) is 4.53. The second-order valence-corrected chi connectivity index (χ2v) is 10.1. The number of fused-ring (bicyclic) bond motifs is 2. The van der Waals surface area contributed by atoms with Crippen LogP contribution in [0.5, 0.6) is 5.75 Å². The summed E-state index contributed by atoms with van der Waals surface area (Å²) in [5, 5.41) is 0.665. The number of aryl methyl sites for hydroxylation is 2. The molecule has 0 aliphatic carbocycles. The van der Waals surface area contributed by atoms with Crippen LogP contribution in [0.4, 0.5) is 14.6 Å². The Morgan fingerprint density at radius 2 is 1.89 bits per heavy atom. The molecule has 0 saturated carbocycles. The van der Waals surface area contributed by atoms with Gasteiger partial charge in [0, 0.05) is 55.1 Å². The van der Waals surface area contributed by atoms with Crippen molar-refractivity contribution in [3.05, 3.63) is 64.6 Å². The first-order valence-corrected chi connectivity index (χ1v) is 12.6. The molecule has 2 saturated heterocycles. The number of ketones is 1. The van der Waals surface area contributed by atoms with E-state index in [-0.39, 0.29) is 42.2 Å². The molecular weight excluding hydrogens is 494 g/mol. The molecule has 1 amide bonds. The van der Waals surface area contributed by atoms with Gasteiger partial charge in [-0.15, -0.1) is 0 Å². The Kier molecular flexibility index (Phi) is 5.77. The van der Waals surface area contributed by atoms with Gasteiger partial charge < -0.3 is 14.5 Å². The van der Waals surface area contributed by atoms with Gasteiger partial charge in [-0.05, 0) is 43.2 Å². The first kappa shape index (κ1) is 24.3. The van der Waals surface area contributed by atoms with Gasteiger partial charge in [0.1, 0.15) is 23.2 Å². The van der Waals surface area contributed by atoms with Gasteiger partial charge >= 0.3 is 5.69 Å². The van der Waals surface area contributed by atoms with E-state index in [1.54, 1.807) is 9.47 Å². The van der Waals surface area contributed by atoms with E-state index in [2.05, 4.69) is 11.6 Å². The molecule has 3 aliphatic heterocycles. The number of halogens is 2. The van der Waals surface area contributed by atoms with Gasteiger partial charge in [-0.1, -0.05) is 6.58 Å². The summed E-state index contributed by atoms with van der Waals surface area (Å²) in [4.78, 5) is 46.4. The molecule has 2 fully saturated rings. The number of ether oxygens (including phenoxy) is 1. The number of piperazine rings is 1. The molecule has 2 atom stereocenters. The normalized spacial score (nSPS) is 20.8. The summed E-state index contributed by atoms with van der Waals surface area (Å²) in [5.41, 5.74) is 1.38. The molecule has 2 aromatic carbocycles. The number of nitrogens with zero attached hydrogens (tertiary/aromatic N) is 4. The second kappa shape index (κ2) is 9.04. The van der Waals surface area contributed by atoms with Crippen LogP contribution in [0.2, 0.25) is 0 Å². The van der Waals surface area contributed by atoms with Crippen molar-refractivity contribution >= 4 is 28.4 Å². The Morgan fingerprint density at radius 3 is 2.58 bits per heavy atom. The summed E-state index contributed by atoms with van der Waals surface area (Å²) in [7, 11) is 0. The van der Waals surface area contributed by atoms with Crippen LogP contribution in [0.3, 0.4) is 0 Å². The molecule has 2 bridgehead atoms. The third kappa shape index (κ3) is 3.77. The average Bonchev–Trinajstić information content (AvgIpc) is 3.09. The maximum absolute atomic E-state index is 14.9. The minimum absolute atomic E-state index is 0.101. The first-order chi connectivity index (χ1) is 18.3. The molecule has 1 aromatic heterocycles. The number of piperidine rings is 1. The Hall–Kier alpha value is -4.08. The molecular formula is C28H26F2N4O4. The zero-order chi connectivity index (χ0) is 26.7. The standard InChI is InChI=1S/C28H26F2N4O4/c1-3-23(36)34-17-11-19(35)12-18(34)14-32(13-17)27-21-9-15(2)24(20-6-5-16(29)10-22(20)30)26-25(21)33(28(37)31-27)7-4-8-38-26/h3,5-6,9-10,17-18H,1,4,7-8,11-14H2,2H3. The van der Waals surface area contributed by atoms with E-state index in [9.17, 15) is 23.2 Å². The van der Waals surface area contributed by atoms with Gasteiger partial charge in [-0.25, -0.2) is 13.6 Å². The predicted octanol–water partition coefficient (Wildman–Crippen LogP) is 3.37. The van der Waals surface area contributed by atoms with E-state index >= 15 is 0 Å². The van der Waals surface area contributed by atoms with E-state index in [1.807, 2.05) is 17.9 Å². The first-order valence-electron chi connectivity index (χ1n) is 12.6. The van der Waals surface area contributed by atoms with Gasteiger partial charge in [-0.2, -0.15) is 4.98 Å². The van der Waals surface area contributed by atoms with Crippen molar-refractivity contribution in [2.75, 3.05) is 24.6 Å². The van der Waals surface area contributed by atoms with Crippen molar-refractivity contribution < 1.29 is 23.1 Å². The Bertz CT molecular complexity index is 1570. The summed E-state index contributed by atoms with van der Waals surface area (Å²) < 4.78 is 36.3. The van der Waals surface area contributed by atoms with Crippen LogP contribution < -0.4 is 15.3 Å². The molecule has 6 rings (SSSR count).